The van der Waals surface area contributed by atoms with Gasteiger partial charge in [0, 0.05) is 35.2 Å². The summed E-state index contributed by atoms with van der Waals surface area (Å²) in [4.78, 5) is 9.84. The molecule has 162 valence electrons. The number of carboxylic acids is 1. The number of halogens is 1. The first-order valence-corrected chi connectivity index (χ1v) is 9.63. The van der Waals surface area contributed by atoms with Gasteiger partial charge in [0.15, 0.2) is 0 Å². The van der Waals surface area contributed by atoms with Crippen molar-refractivity contribution in [3.63, 3.8) is 0 Å². The number of carboxylic acid groups (broad SMARTS) is 1. The Morgan fingerprint density at radius 3 is 2.07 bits per heavy atom. The van der Waals surface area contributed by atoms with E-state index in [9.17, 15) is 9.18 Å². The van der Waals surface area contributed by atoms with Crippen molar-refractivity contribution >= 4 is 24.2 Å². The van der Waals surface area contributed by atoms with Gasteiger partial charge in [-0.1, -0.05) is 37.9 Å². The van der Waals surface area contributed by atoms with E-state index < -0.39 is 12.1 Å². The van der Waals surface area contributed by atoms with Gasteiger partial charge in [0.05, 0.1) is 12.5 Å². The van der Waals surface area contributed by atoms with E-state index >= 15 is 0 Å². The van der Waals surface area contributed by atoms with E-state index in [-0.39, 0.29) is 31.3 Å². The molecule has 30 heavy (non-hydrogen) atoms. The van der Waals surface area contributed by atoms with Gasteiger partial charge in [-0.15, -0.1) is 0 Å². The van der Waals surface area contributed by atoms with Crippen LogP contribution in [0.2, 0.25) is 0 Å². The fourth-order valence-electron chi connectivity index (χ4n) is 3.19. The maximum Gasteiger partial charge on any atom is 0.305 e. The number of aliphatic carboxylic acids is 1. The number of nitrogens with zero attached hydrogens (tertiary/aromatic N) is 1. The molecule has 2 aromatic rings. The summed E-state index contributed by atoms with van der Waals surface area (Å²) in [7, 11) is 0. The zero-order valence-corrected chi connectivity index (χ0v) is 17.5. The fourth-order valence-corrected chi connectivity index (χ4v) is 3.19. The molecular weight excluding hydrogens is 385 g/mol. The molecule has 1 aromatic heterocycles. The Hall–Kier alpha value is -2.96. The molecule has 2 rings (SSSR count). The molecule has 0 saturated heterocycles. The number of hydrogen-bond acceptors (Lipinski definition) is 3. The summed E-state index contributed by atoms with van der Waals surface area (Å²) in [6.07, 6.45) is 4.41. The van der Waals surface area contributed by atoms with Crippen molar-refractivity contribution in [3.8, 4) is 11.1 Å². The lowest BCUT2D eigenvalue weighted by atomic mass is 10.00. The van der Waals surface area contributed by atoms with Crippen LogP contribution in [-0.2, 0) is 4.79 Å². The lowest BCUT2D eigenvalue weighted by molar-refractivity contribution is -0.139. The van der Waals surface area contributed by atoms with Crippen LogP contribution in [0.1, 0.15) is 49.7 Å². The van der Waals surface area contributed by atoms with Crippen LogP contribution in [0.15, 0.2) is 44.0 Å². The molecule has 0 fully saturated rings. The van der Waals surface area contributed by atoms with E-state index in [2.05, 4.69) is 38.2 Å². The van der Waals surface area contributed by atoms with Crippen molar-refractivity contribution in [1.29, 1.82) is 0 Å². The van der Waals surface area contributed by atoms with Gasteiger partial charge in [-0.3, -0.25) is 4.79 Å². The number of aliphatic hydroxyl groups excluding tert-OH is 2. The Morgan fingerprint density at radius 2 is 1.67 bits per heavy atom. The quantitative estimate of drug-likeness (QED) is 0.538. The highest BCUT2D eigenvalue weighted by Crippen LogP contribution is 2.37. The van der Waals surface area contributed by atoms with Crippen molar-refractivity contribution in [2.24, 2.45) is 0 Å². The van der Waals surface area contributed by atoms with Gasteiger partial charge in [0.1, 0.15) is 5.82 Å². The van der Waals surface area contributed by atoms with Crippen molar-refractivity contribution in [3.05, 3.63) is 66.8 Å². The molecule has 0 spiro atoms. The molecule has 1 unspecified atom stereocenters. The van der Waals surface area contributed by atoms with Crippen LogP contribution in [0.25, 0.3) is 29.4 Å². The van der Waals surface area contributed by atoms with Crippen molar-refractivity contribution < 1.29 is 24.5 Å². The predicted octanol–water partition coefficient (Wildman–Crippen LogP) is 5.01. The third-order valence-corrected chi connectivity index (χ3v) is 4.43. The minimum absolute atomic E-state index is 0.131. The topological polar surface area (TPSA) is 82.7 Å². The normalized spacial score (nSPS) is 11.4. The number of hydrogen-bond donors (Lipinski definition) is 3. The van der Waals surface area contributed by atoms with Crippen LogP contribution in [0.3, 0.4) is 0 Å². The highest BCUT2D eigenvalue weighted by atomic mass is 19.1. The van der Waals surface area contributed by atoms with Crippen LogP contribution in [0.4, 0.5) is 4.39 Å². The minimum atomic E-state index is -1.05. The molecular formula is C24H30FNO4. The van der Waals surface area contributed by atoms with Gasteiger partial charge in [0.2, 0.25) is 0 Å². The molecule has 0 amide bonds. The number of benzene rings is 1. The second-order valence-corrected chi connectivity index (χ2v) is 6.91. The summed E-state index contributed by atoms with van der Waals surface area (Å²) < 4.78 is 15.4. The summed E-state index contributed by atoms with van der Waals surface area (Å²) >= 11 is 0. The van der Waals surface area contributed by atoms with E-state index in [1.165, 1.54) is 12.1 Å². The van der Waals surface area contributed by atoms with Crippen LogP contribution in [-0.4, -0.2) is 38.6 Å². The Kier molecular flexibility index (Phi) is 9.95. The number of aliphatic hydroxyl groups is 2. The van der Waals surface area contributed by atoms with Gasteiger partial charge in [-0.2, -0.15) is 0 Å². The molecule has 6 heteroatoms. The smallest absolute Gasteiger partial charge is 0.305 e. The first kappa shape index (κ1) is 25.1. The maximum atomic E-state index is 13.2. The van der Waals surface area contributed by atoms with E-state index in [4.69, 9.17) is 15.3 Å². The van der Waals surface area contributed by atoms with E-state index in [1.807, 2.05) is 18.2 Å². The summed E-state index contributed by atoms with van der Waals surface area (Å²) in [6, 6.07) is 6.76. The van der Waals surface area contributed by atoms with Crippen LogP contribution >= 0.6 is 0 Å². The lowest BCUT2D eigenvalue weighted by Gasteiger charge is -2.14. The molecule has 5 nitrogen and oxygen atoms in total. The van der Waals surface area contributed by atoms with Crippen LogP contribution < -0.4 is 0 Å². The Labute approximate surface area is 177 Å². The van der Waals surface area contributed by atoms with Crippen LogP contribution in [0.5, 0.6) is 0 Å². The number of aromatic nitrogens is 1. The third kappa shape index (κ3) is 6.27. The molecule has 3 N–H and O–H groups in total. The Balaban J connectivity index is 0.000000424. The Morgan fingerprint density at radius 1 is 1.10 bits per heavy atom. The number of carbonyl (C=O) groups is 1. The highest BCUT2D eigenvalue weighted by Gasteiger charge is 2.20. The van der Waals surface area contributed by atoms with Gasteiger partial charge in [0.25, 0.3) is 0 Å². The molecule has 1 atom stereocenters. The van der Waals surface area contributed by atoms with E-state index in [0.717, 1.165) is 28.1 Å². The minimum Gasteiger partial charge on any atom is -0.481 e. The fraction of sp³-hybridized carbons (Fsp3) is 0.292. The molecule has 1 heterocycles. The second kappa shape index (κ2) is 11.9. The summed E-state index contributed by atoms with van der Waals surface area (Å²) in [6.45, 7) is 15.8. The van der Waals surface area contributed by atoms with Gasteiger partial charge in [-0.25, -0.2) is 4.39 Å². The molecule has 0 bridgehead atoms. The van der Waals surface area contributed by atoms with Gasteiger partial charge < -0.3 is 19.9 Å². The highest BCUT2D eigenvalue weighted by molar-refractivity contribution is 5.86. The molecule has 0 saturated carbocycles. The molecule has 0 aliphatic rings. The van der Waals surface area contributed by atoms with E-state index in [1.54, 1.807) is 12.1 Å². The SMILES string of the molecule is C=Cc1c(-c2ccc(F)cc2)c(C=C)n(C(C)C)c1C=C.O=C(O)CC(O)CCO. The largest absolute Gasteiger partial charge is 0.481 e. The standard InChI is InChI=1S/C19H20FN.C5H10O4/c1-6-16-17(7-2)21(13(4)5)18(8-3)19(16)14-9-11-15(20)12-10-14;6-2-1-4(7)3-5(8)9/h6-13H,1-3H2,4-5H3;4,6-7H,1-3H2,(H,8,9). The average molecular weight is 416 g/mol. The zero-order chi connectivity index (χ0) is 22.8. The number of rotatable bonds is 9. The summed E-state index contributed by atoms with van der Waals surface area (Å²) in [5.74, 6) is -1.29. The molecule has 1 aromatic carbocycles. The lowest BCUT2D eigenvalue weighted by Crippen LogP contribution is -2.13. The van der Waals surface area contributed by atoms with Gasteiger partial charge in [-0.05, 0) is 50.1 Å². The molecule has 0 aliphatic carbocycles. The monoisotopic (exact) mass is 415 g/mol. The maximum absolute atomic E-state index is 13.2. The average Bonchev–Trinajstić information content (AvgIpc) is 3.02. The molecule has 0 aliphatic heterocycles. The summed E-state index contributed by atoms with van der Waals surface area (Å²) in [5.41, 5.74) is 4.98. The summed E-state index contributed by atoms with van der Waals surface area (Å²) in [5, 5.41) is 24.9. The van der Waals surface area contributed by atoms with Crippen molar-refractivity contribution in [1.82, 2.24) is 4.57 Å². The predicted molar refractivity (Wildman–Crippen MR) is 120 cm³/mol. The Bertz CT molecular complexity index is 882. The first-order valence-electron chi connectivity index (χ1n) is 9.63. The van der Waals surface area contributed by atoms with Crippen molar-refractivity contribution in [2.45, 2.75) is 38.8 Å². The third-order valence-electron chi connectivity index (χ3n) is 4.43. The molecule has 0 radical (unpaired) electrons. The first-order chi connectivity index (χ1) is 14.2. The zero-order valence-electron chi connectivity index (χ0n) is 17.5. The van der Waals surface area contributed by atoms with Crippen molar-refractivity contribution in [2.75, 3.05) is 6.61 Å². The van der Waals surface area contributed by atoms with E-state index in [0.29, 0.717) is 0 Å². The van der Waals surface area contributed by atoms with Crippen LogP contribution in [0, 0.1) is 5.82 Å². The second-order valence-electron chi connectivity index (χ2n) is 6.91. The van der Waals surface area contributed by atoms with Gasteiger partial charge >= 0.3 is 5.97 Å².